The van der Waals surface area contributed by atoms with E-state index in [1.54, 1.807) is 18.0 Å². The topological polar surface area (TPSA) is 61.0 Å². The number of imidazole rings is 1. The van der Waals surface area contributed by atoms with Gasteiger partial charge >= 0.3 is 6.03 Å². The molecule has 0 radical (unpaired) electrons. The van der Waals surface area contributed by atoms with Gasteiger partial charge in [-0.05, 0) is 32.0 Å². The zero-order valence-electron chi connectivity index (χ0n) is 11.2. The van der Waals surface area contributed by atoms with E-state index in [1.807, 2.05) is 26.0 Å². The SMILES string of the molecule is CCNC(=O)N(C)[C@H](C)c1nc2ccc(Cl)cc2[nH]1. The van der Waals surface area contributed by atoms with E-state index in [0.29, 0.717) is 11.6 Å². The number of nitrogens with one attached hydrogen (secondary N) is 2. The highest BCUT2D eigenvalue weighted by molar-refractivity contribution is 6.31. The van der Waals surface area contributed by atoms with Gasteiger partial charge < -0.3 is 15.2 Å². The molecule has 2 amide bonds. The van der Waals surface area contributed by atoms with Gasteiger partial charge in [0.25, 0.3) is 0 Å². The molecule has 2 rings (SSSR count). The second kappa shape index (κ2) is 5.48. The second-order valence-electron chi connectivity index (χ2n) is 4.41. The molecule has 0 aliphatic rings. The first-order chi connectivity index (χ1) is 9.02. The van der Waals surface area contributed by atoms with Crippen molar-refractivity contribution in [3.63, 3.8) is 0 Å². The molecule has 0 unspecified atom stereocenters. The summed E-state index contributed by atoms with van der Waals surface area (Å²) in [5, 5.41) is 3.42. The van der Waals surface area contributed by atoms with Crippen molar-refractivity contribution >= 4 is 28.7 Å². The van der Waals surface area contributed by atoms with Crippen molar-refractivity contribution in [3.8, 4) is 0 Å². The molecule has 2 N–H and O–H groups in total. The van der Waals surface area contributed by atoms with Gasteiger partial charge in [-0.25, -0.2) is 9.78 Å². The fourth-order valence-electron chi connectivity index (χ4n) is 1.83. The van der Waals surface area contributed by atoms with Crippen molar-refractivity contribution in [2.75, 3.05) is 13.6 Å². The van der Waals surface area contributed by atoms with E-state index >= 15 is 0 Å². The van der Waals surface area contributed by atoms with E-state index < -0.39 is 0 Å². The smallest absolute Gasteiger partial charge is 0.317 e. The van der Waals surface area contributed by atoms with Crippen molar-refractivity contribution in [1.82, 2.24) is 20.2 Å². The summed E-state index contributed by atoms with van der Waals surface area (Å²) in [6.45, 7) is 4.42. The molecule has 0 aliphatic heterocycles. The fourth-order valence-corrected chi connectivity index (χ4v) is 2.01. The highest BCUT2D eigenvalue weighted by Crippen LogP contribution is 2.22. The summed E-state index contributed by atoms with van der Waals surface area (Å²) < 4.78 is 0. The number of amides is 2. The third-order valence-corrected chi connectivity index (χ3v) is 3.32. The van der Waals surface area contributed by atoms with Crippen LogP contribution in [0, 0.1) is 0 Å². The third kappa shape index (κ3) is 2.81. The number of carbonyl (C=O) groups is 1. The summed E-state index contributed by atoms with van der Waals surface area (Å²) >= 11 is 5.94. The minimum Gasteiger partial charge on any atom is -0.340 e. The Hall–Kier alpha value is -1.75. The number of hydrogen-bond donors (Lipinski definition) is 2. The van der Waals surface area contributed by atoms with E-state index in [2.05, 4.69) is 15.3 Å². The summed E-state index contributed by atoms with van der Waals surface area (Å²) in [5.74, 6) is 0.742. The highest BCUT2D eigenvalue weighted by atomic mass is 35.5. The van der Waals surface area contributed by atoms with Gasteiger partial charge in [-0.3, -0.25) is 0 Å². The number of benzene rings is 1. The normalized spacial score (nSPS) is 12.4. The Bertz CT molecular complexity index is 595. The Morgan fingerprint density at radius 2 is 2.32 bits per heavy atom. The Morgan fingerprint density at radius 1 is 1.58 bits per heavy atom. The molecule has 0 saturated carbocycles. The first-order valence-corrected chi connectivity index (χ1v) is 6.56. The molecule has 0 spiro atoms. The van der Waals surface area contributed by atoms with Gasteiger partial charge in [-0.1, -0.05) is 11.6 Å². The van der Waals surface area contributed by atoms with Crippen LogP contribution in [-0.4, -0.2) is 34.5 Å². The van der Waals surface area contributed by atoms with Crippen molar-refractivity contribution in [3.05, 3.63) is 29.0 Å². The van der Waals surface area contributed by atoms with Crippen LogP contribution in [0.5, 0.6) is 0 Å². The molecule has 1 atom stereocenters. The van der Waals surface area contributed by atoms with Crippen LogP contribution >= 0.6 is 11.6 Å². The molecular weight excluding hydrogens is 264 g/mol. The average molecular weight is 281 g/mol. The van der Waals surface area contributed by atoms with Crippen LogP contribution in [0.2, 0.25) is 5.02 Å². The largest absolute Gasteiger partial charge is 0.340 e. The lowest BCUT2D eigenvalue weighted by molar-refractivity contribution is 0.193. The molecule has 102 valence electrons. The van der Waals surface area contributed by atoms with Crippen molar-refractivity contribution in [2.24, 2.45) is 0 Å². The molecule has 0 fully saturated rings. The number of hydrogen-bond acceptors (Lipinski definition) is 2. The number of aromatic nitrogens is 2. The van der Waals surface area contributed by atoms with Gasteiger partial charge in [-0.15, -0.1) is 0 Å². The standard InChI is InChI=1S/C13H17ClN4O/c1-4-15-13(19)18(3)8(2)12-16-10-6-5-9(14)7-11(10)17-12/h5-8H,4H2,1-3H3,(H,15,19)(H,16,17)/t8-/m1/s1. The maximum Gasteiger partial charge on any atom is 0.317 e. The summed E-state index contributed by atoms with van der Waals surface area (Å²) in [7, 11) is 1.75. The van der Waals surface area contributed by atoms with E-state index in [9.17, 15) is 4.79 Å². The first kappa shape index (κ1) is 13.7. The molecule has 1 aromatic carbocycles. The van der Waals surface area contributed by atoms with E-state index in [1.165, 1.54) is 0 Å². The molecule has 0 bridgehead atoms. The van der Waals surface area contributed by atoms with E-state index in [0.717, 1.165) is 16.9 Å². The number of halogens is 1. The molecule has 5 nitrogen and oxygen atoms in total. The molecular formula is C13H17ClN4O. The fraction of sp³-hybridized carbons (Fsp3) is 0.385. The van der Waals surface area contributed by atoms with E-state index in [-0.39, 0.29) is 12.1 Å². The van der Waals surface area contributed by atoms with Gasteiger partial charge in [0.05, 0.1) is 17.1 Å². The lowest BCUT2D eigenvalue weighted by Crippen LogP contribution is -2.38. The summed E-state index contributed by atoms with van der Waals surface area (Å²) in [5.41, 5.74) is 1.72. The molecule has 0 aliphatic carbocycles. The zero-order valence-corrected chi connectivity index (χ0v) is 12.0. The monoisotopic (exact) mass is 280 g/mol. The predicted molar refractivity (Wildman–Crippen MR) is 76.4 cm³/mol. The zero-order chi connectivity index (χ0) is 14.0. The number of nitrogens with zero attached hydrogens (tertiary/aromatic N) is 2. The highest BCUT2D eigenvalue weighted by Gasteiger charge is 2.19. The van der Waals surface area contributed by atoms with Crippen LogP contribution in [0.4, 0.5) is 4.79 Å². The minimum atomic E-state index is -0.141. The summed E-state index contributed by atoms with van der Waals surface area (Å²) in [6, 6.07) is 5.22. The van der Waals surface area contributed by atoms with Crippen molar-refractivity contribution in [1.29, 1.82) is 0 Å². The van der Waals surface area contributed by atoms with Gasteiger partial charge in [0.15, 0.2) is 0 Å². The van der Waals surface area contributed by atoms with Crippen molar-refractivity contribution in [2.45, 2.75) is 19.9 Å². The van der Waals surface area contributed by atoms with Crippen LogP contribution in [0.25, 0.3) is 11.0 Å². The third-order valence-electron chi connectivity index (χ3n) is 3.09. The van der Waals surface area contributed by atoms with Crippen LogP contribution < -0.4 is 5.32 Å². The predicted octanol–water partition coefficient (Wildman–Crippen LogP) is 2.94. The summed E-state index contributed by atoms with van der Waals surface area (Å²) in [4.78, 5) is 21.1. The molecule has 19 heavy (non-hydrogen) atoms. The maximum absolute atomic E-state index is 11.8. The number of rotatable bonds is 3. The van der Waals surface area contributed by atoms with Crippen LogP contribution in [0.15, 0.2) is 18.2 Å². The Morgan fingerprint density at radius 3 is 3.00 bits per heavy atom. The minimum absolute atomic E-state index is 0.117. The van der Waals surface area contributed by atoms with E-state index in [4.69, 9.17) is 11.6 Å². The molecule has 6 heteroatoms. The number of fused-ring (bicyclic) bond motifs is 1. The van der Waals surface area contributed by atoms with Crippen LogP contribution in [0.1, 0.15) is 25.7 Å². The van der Waals surface area contributed by atoms with Gasteiger partial charge in [-0.2, -0.15) is 0 Å². The molecule has 1 aromatic heterocycles. The number of H-pyrrole nitrogens is 1. The lowest BCUT2D eigenvalue weighted by atomic mass is 10.3. The Kier molecular flexibility index (Phi) is 3.95. The first-order valence-electron chi connectivity index (χ1n) is 6.18. The molecule has 0 saturated heterocycles. The van der Waals surface area contributed by atoms with Gasteiger partial charge in [0, 0.05) is 18.6 Å². The number of aromatic amines is 1. The maximum atomic E-state index is 11.8. The second-order valence-corrected chi connectivity index (χ2v) is 4.84. The quantitative estimate of drug-likeness (QED) is 0.908. The Labute approximate surface area is 117 Å². The average Bonchev–Trinajstić information content (AvgIpc) is 2.80. The van der Waals surface area contributed by atoms with Crippen LogP contribution in [0.3, 0.4) is 0 Å². The molecule has 2 aromatic rings. The van der Waals surface area contributed by atoms with Crippen molar-refractivity contribution < 1.29 is 4.79 Å². The van der Waals surface area contributed by atoms with Crippen LogP contribution in [-0.2, 0) is 0 Å². The number of urea groups is 1. The van der Waals surface area contributed by atoms with Gasteiger partial charge in [0.2, 0.25) is 0 Å². The summed E-state index contributed by atoms with van der Waals surface area (Å²) in [6.07, 6.45) is 0. The Balaban J connectivity index is 2.25. The molecule has 1 heterocycles. The number of carbonyl (C=O) groups excluding carboxylic acids is 1. The van der Waals surface area contributed by atoms with Gasteiger partial charge in [0.1, 0.15) is 5.82 Å². The lowest BCUT2D eigenvalue weighted by Gasteiger charge is -2.23.